The maximum atomic E-state index is 13.2. The third kappa shape index (κ3) is 4.68. The Kier molecular flexibility index (Phi) is 5.95. The van der Waals surface area contributed by atoms with Crippen molar-refractivity contribution in [1.82, 2.24) is 15.1 Å². The second-order valence-electron chi connectivity index (χ2n) is 5.82. The maximum absolute atomic E-state index is 13.2. The third-order valence-corrected chi connectivity index (χ3v) is 4.78. The summed E-state index contributed by atoms with van der Waals surface area (Å²) in [6.45, 7) is -0.521. The molecule has 0 spiro atoms. The number of benzene rings is 1. The summed E-state index contributed by atoms with van der Waals surface area (Å²) in [6, 6.07) is 11.4. The zero-order valence-electron chi connectivity index (χ0n) is 14.8. The third-order valence-electron chi connectivity index (χ3n) is 3.84. The summed E-state index contributed by atoms with van der Waals surface area (Å²) in [5.74, 6) is -1.72. The molecule has 144 valence electrons. The van der Waals surface area contributed by atoms with Gasteiger partial charge in [0.1, 0.15) is 5.82 Å². The van der Waals surface area contributed by atoms with Crippen molar-refractivity contribution in [2.75, 3.05) is 6.61 Å². The number of aryl methyl sites for hydroxylation is 1. The summed E-state index contributed by atoms with van der Waals surface area (Å²) in [5, 5.41) is 8.42. The summed E-state index contributed by atoms with van der Waals surface area (Å²) < 4.78 is 19.2. The molecule has 1 amide bonds. The van der Waals surface area contributed by atoms with Gasteiger partial charge >= 0.3 is 5.97 Å². The lowest BCUT2D eigenvalue weighted by atomic mass is 10.1. The predicted molar refractivity (Wildman–Crippen MR) is 100 cm³/mol. The van der Waals surface area contributed by atoms with E-state index in [1.165, 1.54) is 42.6 Å². The number of esters is 1. The van der Waals surface area contributed by atoms with E-state index in [1.807, 2.05) is 17.5 Å². The van der Waals surface area contributed by atoms with Crippen molar-refractivity contribution in [3.8, 4) is 0 Å². The highest BCUT2D eigenvalue weighted by Gasteiger charge is 2.19. The largest absolute Gasteiger partial charge is 0.451 e. The average Bonchev–Trinajstić information content (AvgIpc) is 3.21. The summed E-state index contributed by atoms with van der Waals surface area (Å²) in [6.07, 6.45) is 0. The number of nitrogens with one attached hydrogen (secondary N) is 1. The van der Waals surface area contributed by atoms with Gasteiger partial charge in [0.25, 0.3) is 11.5 Å². The number of hydrogen-bond donors (Lipinski definition) is 1. The van der Waals surface area contributed by atoms with Gasteiger partial charge in [-0.2, -0.15) is 5.10 Å². The van der Waals surface area contributed by atoms with Crippen molar-refractivity contribution < 1.29 is 18.7 Å². The number of halogens is 1. The van der Waals surface area contributed by atoms with Crippen LogP contribution in [-0.2, 0) is 16.6 Å². The summed E-state index contributed by atoms with van der Waals surface area (Å²) in [5.41, 5.74) is 0.249. The molecule has 2 aromatic heterocycles. The number of carbonyl (C=O) groups excluding carboxylic acids is 2. The molecule has 1 aromatic carbocycles. The molecule has 0 aliphatic rings. The monoisotopic (exact) mass is 401 g/mol. The first-order chi connectivity index (χ1) is 13.4. The lowest BCUT2D eigenvalue weighted by Gasteiger charge is -2.18. The van der Waals surface area contributed by atoms with Crippen LogP contribution in [0.15, 0.2) is 58.7 Å². The van der Waals surface area contributed by atoms with Gasteiger partial charge in [-0.1, -0.05) is 18.2 Å². The molecule has 0 aliphatic heterocycles. The molecule has 7 nitrogen and oxygen atoms in total. The van der Waals surface area contributed by atoms with Crippen molar-refractivity contribution in [3.63, 3.8) is 0 Å². The molecule has 1 atom stereocenters. The molecule has 28 heavy (non-hydrogen) atoms. The smallest absolute Gasteiger partial charge is 0.359 e. The van der Waals surface area contributed by atoms with Gasteiger partial charge in [-0.15, -0.1) is 11.3 Å². The minimum absolute atomic E-state index is 0.0803. The number of amides is 1. The van der Waals surface area contributed by atoms with Crippen LogP contribution in [0.4, 0.5) is 4.39 Å². The van der Waals surface area contributed by atoms with Crippen LogP contribution in [0.1, 0.15) is 27.0 Å². The SMILES string of the molecule is Cn1nc(C(=O)OCC(=O)NC(c2ccc(F)cc2)c2cccs2)ccc1=O. The highest BCUT2D eigenvalue weighted by molar-refractivity contribution is 7.10. The number of thiophene rings is 1. The molecule has 9 heteroatoms. The van der Waals surface area contributed by atoms with E-state index in [9.17, 15) is 18.8 Å². The minimum atomic E-state index is -0.819. The van der Waals surface area contributed by atoms with E-state index in [-0.39, 0.29) is 17.1 Å². The molecule has 3 aromatic rings. The lowest BCUT2D eigenvalue weighted by molar-refractivity contribution is -0.124. The Morgan fingerprint density at radius 2 is 1.96 bits per heavy atom. The van der Waals surface area contributed by atoms with Gasteiger partial charge in [0.05, 0.1) is 6.04 Å². The van der Waals surface area contributed by atoms with Crippen molar-refractivity contribution >= 4 is 23.2 Å². The van der Waals surface area contributed by atoms with Crippen LogP contribution in [0, 0.1) is 5.82 Å². The van der Waals surface area contributed by atoms with E-state index in [4.69, 9.17) is 4.74 Å². The Morgan fingerprint density at radius 1 is 1.21 bits per heavy atom. The van der Waals surface area contributed by atoms with Crippen LogP contribution in [0.25, 0.3) is 0 Å². The average molecular weight is 401 g/mol. The fraction of sp³-hybridized carbons (Fsp3) is 0.158. The summed E-state index contributed by atoms with van der Waals surface area (Å²) in [7, 11) is 1.40. The van der Waals surface area contributed by atoms with E-state index in [0.717, 1.165) is 9.56 Å². The van der Waals surface area contributed by atoms with Crippen LogP contribution >= 0.6 is 11.3 Å². The lowest BCUT2D eigenvalue weighted by Crippen LogP contribution is -2.33. The molecule has 0 saturated heterocycles. The van der Waals surface area contributed by atoms with E-state index in [0.29, 0.717) is 5.56 Å². The second kappa shape index (κ2) is 8.57. The highest BCUT2D eigenvalue weighted by atomic mass is 32.1. The molecule has 0 bridgehead atoms. The molecule has 0 saturated carbocycles. The van der Waals surface area contributed by atoms with Crippen LogP contribution < -0.4 is 10.9 Å². The van der Waals surface area contributed by atoms with E-state index >= 15 is 0 Å². The van der Waals surface area contributed by atoms with Crippen LogP contribution in [0.3, 0.4) is 0 Å². The zero-order valence-corrected chi connectivity index (χ0v) is 15.6. The van der Waals surface area contributed by atoms with Crippen molar-refractivity contribution in [3.05, 3.63) is 86.2 Å². The van der Waals surface area contributed by atoms with Crippen molar-refractivity contribution in [2.45, 2.75) is 6.04 Å². The van der Waals surface area contributed by atoms with Gasteiger partial charge in [-0.05, 0) is 35.2 Å². The first-order valence-electron chi connectivity index (χ1n) is 8.24. The topological polar surface area (TPSA) is 90.3 Å². The fourth-order valence-corrected chi connectivity index (χ4v) is 3.25. The standard InChI is InChI=1S/C19H16FN3O4S/c1-23-17(25)9-8-14(22-23)19(26)27-11-16(24)21-18(15-3-2-10-28-15)12-4-6-13(20)7-5-12/h2-10,18H,11H2,1H3,(H,21,24). The Labute approximate surface area is 163 Å². The van der Waals surface area contributed by atoms with Gasteiger partial charge in [0, 0.05) is 18.0 Å². The summed E-state index contributed by atoms with van der Waals surface area (Å²) in [4.78, 5) is 36.5. The zero-order chi connectivity index (χ0) is 20.1. The molecule has 0 aliphatic carbocycles. The number of aromatic nitrogens is 2. The maximum Gasteiger partial charge on any atom is 0.359 e. The molecule has 1 N–H and O–H groups in total. The van der Waals surface area contributed by atoms with Gasteiger partial charge < -0.3 is 10.1 Å². The first-order valence-corrected chi connectivity index (χ1v) is 9.12. The molecular weight excluding hydrogens is 385 g/mol. The first kappa shape index (κ1) is 19.4. The molecule has 2 heterocycles. The van der Waals surface area contributed by atoms with Gasteiger partial charge in [0.15, 0.2) is 12.3 Å². The highest BCUT2D eigenvalue weighted by Crippen LogP contribution is 2.26. The Hall–Kier alpha value is -3.33. The fourth-order valence-electron chi connectivity index (χ4n) is 2.45. The van der Waals surface area contributed by atoms with Gasteiger partial charge in [0.2, 0.25) is 0 Å². The summed E-state index contributed by atoms with van der Waals surface area (Å²) >= 11 is 1.44. The second-order valence-corrected chi connectivity index (χ2v) is 6.80. The number of hydrogen-bond acceptors (Lipinski definition) is 6. The molecule has 3 rings (SSSR count). The van der Waals surface area contributed by atoms with Crippen LogP contribution in [0.2, 0.25) is 0 Å². The van der Waals surface area contributed by atoms with E-state index in [1.54, 1.807) is 12.1 Å². The molecule has 1 unspecified atom stereocenters. The number of rotatable bonds is 6. The Morgan fingerprint density at radius 3 is 2.61 bits per heavy atom. The van der Waals surface area contributed by atoms with Crippen molar-refractivity contribution in [2.24, 2.45) is 7.05 Å². The normalized spacial score (nSPS) is 11.6. The molecule has 0 radical (unpaired) electrons. The van der Waals surface area contributed by atoms with Gasteiger partial charge in [-0.3, -0.25) is 9.59 Å². The number of ether oxygens (including phenoxy) is 1. The van der Waals surface area contributed by atoms with Crippen LogP contribution in [-0.4, -0.2) is 28.3 Å². The molecular formula is C19H16FN3O4S. The quantitative estimate of drug-likeness (QED) is 0.639. The predicted octanol–water partition coefficient (Wildman–Crippen LogP) is 2.04. The van der Waals surface area contributed by atoms with E-state index in [2.05, 4.69) is 10.4 Å². The van der Waals surface area contributed by atoms with E-state index < -0.39 is 24.5 Å². The Bertz CT molecular complexity index is 1030. The van der Waals surface area contributed by atoms with Crippen molar-refractivity contribution in [1.29, 1.82) is 0 Å². The molecule has 0 fully saturated rings. The number of carbonyl (C=O) groups is 2. The van der Waals surface area contributed by atoms with Crippen LogP contribution in [0.5, 0.6) is 0 Å². The van der Waals surface area contributed by atoms with Gasteiger partial charge in [-0.25, -0.2) is 13.9 Å². The number of nitrogens with zero attached hydrogens (tertiary/aromatic N) is 2. The minimum Gasteiger partial charge on any atom is -0.451 e. The Balaban J connectivity index is 1.67.